The Hall–Kier alpha value is -0.460. The number of hydrogen-bond acceptors (Lipinski definition) is 4. The van der Waals surface area contributed by atoms with Gasteiger partial charge < -0.3 is 15.7 Å². The molecule has 130 valence electrons. The molecule has 0 amide bonds. The number of aliphatic imine (C=N–C) groups is 1. The van der Waals surface area contributed by atoms with Gasteiger partial charge in [0.15, 0.2) is 5.96 Å². The van der Waals surface area contributed by atoms with Crippen LogP contribution in [0.3, 0.4) is 0 Å². The smallest absolute Gasteiger partial charge is 0.191 e. The average molecular weight is 331 g/mol. The minimum Gasteiger partial charge on any atom is -0.387 e. The third-order valence-electron chi connectivity index (χ3n) is 3.95. The van der Waals surface area contributed by atoms with E-state index in [4.69, 9.17) is 0 Å². The van der Waals surface area contributed by atoms with Crippen LogP contribution in [0.1, 0.15) is 41.0 Å². The van der Waals surface area contributed by atoms with E-state index in [0.29, 0.717) is 18.6 Å². The second-order valence-corrected chi connectivity index (χ2v) is 7.68. The molecular weight excluding hydrogens is 296 g/mol. The van der Waals surface area contributed by atoms with Crippen molar-refractivity contribution in [3.05, 3.63) is 0 Å². The molecule has 0 aromatic rings. The summed E-state index contributed by atoms with van der Waals surface area (Å²) in [5.41, 5.74) is -0.616. The first kappa shape index (κ1) is 19.6. The van der Waals surface area contributed by atoms with Crippen LogP contribution in [0.2, 0.25) is 0 Å². The molecule has 0 saturated carbocycles. The van der Waals surface area contributed by atoms with E-state index in [0.717, 1.165) is 43.5 Å². The van der Waals surface area contributed by atoms with Gasteiger partial charge in [-0.1, -0.05) is 0 Å². The van der Waals surface area contributed by atoms with E-state index in [-0.39, 0.29) is 0 Å². The first-order valence-corrected chi connectivity index (χ1v) is 9.61. The van der Waals surface area contributed by atoms with Gasteiger partial charge in [-0.3, -0.25) is 9.89 Å². The van der Waals surface area contributed by atoms with Crippen LogP contribution in [0.25, 0.3) is 0 Å². The number of guanidine groups is 1. The maximum absolute atomic E-state index is 10.4. The van der Waals surface area contributed by atoms with Gasteiger partial charge in [0.1, 0.15) is 0 Å². The van der Waals surface area contributed by atoms with Crippen LogP contribution in [0.5, 0.6) is 0 Å². The molecule has 3 N–H and O–H groups in total. The fourth-order valence-corrected chi connectivity index (χ4v) is 3.99. The number of aliphatic hydroxyl groups is 1. The van der Waals surface area contributed by atoms with Crippen molar-refractivity contribution in [1.29, 1.82) is 0 Å². The largest absolute Gasteiger partial charge is 0.387 e. The third-order valence-corrected chi connectivity index (χ3v) is 5.18. The molecule has 1 aliphatic rings. The number of nitrogens with zero attached hydrogens (tertiary/aromatic N) is 2. The molecule has 0 spiro atoms. The van der Waals surface area contributed by atoms with Gasteiger partial charge in [0.05, 0.1) is 12.1 Å². The molecule has 0 aromatic carbocycles. The van der Waals surface area contributed by atoms with Crippen molar-refractivity contribution in [2.24, 2.45) is 4.99 Å². The van der Waals surface area contributed by atoms with Crippen molar-refractivity contribution >= 4 is 17.7 Å². The van der Waals surface area contributed by atoms with Crippen LogP contribution in [-0.2, 0) is 0 Å². The summed E-state index contributed by atoms with van der Waals surface area (Å²) in [6.07, 6.45) is 0.842. The zero-order chi connectivity index (χ0) is 16.6. The van der Waals surface area contributed by atoms with E-state index in [1.165, 1.54) is 0 Å². The van der Waals surface area contributed by atoms with Crippen molar-refractivity contribution in [2.75, 3.05) is 37.7 Å². The van der Waals surface area contributed by atoms with Gasteiger partial charge in [0.25, 0.3) is 0 Å². The second kappa shape index (κ2) is 9.63. The summed E-state index contributed by atoms with van der Waals surface area (Å²) in [4.78, 5) is 7.02. The van der Waals surface area contributed by atoms with E-state index in [1.807, 2.05) is 11.8 Å². The van der Waals surface area contributed by atoms with E-state index < -0.39 is 5.60 Å². The molecular formula is C16H34N4OS. The predicted octanol–water partition coefficient (Wildman–Crippen LogP) is 1.53. The Kier molecular flexibility index (Phi) is 8.57. The van der Waals surface area contributed by atoms with Crippen LogP contribution < -0.4 is 10.6 Å². The van der Waals surface area contributed by atoms with Crippen LogP contribution in [0, 0.1) is 0 Å². The number of thioether (sulfide) groups is 1. The van der Waals surface area contributed by atoms with Gasteiger partial charge in [-0.25, -0.2) is 0 Å². The molecule has 1 fully saturated rings. The lowest BCUT2D eigenvalue weighted by molar-refractivity contribution is 0.0778. The Morgan fingerprint density at radius 3 is 2.45 bits per heavy atom. The highest BCUT2D eigenvalue weighted by Crippen LogP contribution is 2.27. The van der Waals surface area contributed by atoms with E-state index >= 15 is 0 Å². The Morgan fingerprint density at radius 1 is 1.27 bits per heavy atom. The van der Waals surface area contributed by atoms with Gasteiger partial charge in [-0.2, -0.15) is 11.8 Å². The summed E-state index contributed by atoms with van der Waals surface area (Å²) in [6.45, 7) is 14.1. The molecule has 1 atom stereocenters. The third kappa shape index (κ3) is 6.75. The second-order valence-electron chi connectivity index (χ2n) is 6.57. The highest BCUT2D eigenvalue weighted by Gasteiger charge is 2.31. The fourth-order valence-electron chi connectivity index (χ4n) is 2.71. The normalized spacial score (nSPS) is 22.9. The maximum Gasteiger partial charge on any atom is 0.191 e. The van der Waals surface area contributed by atoms with Crippen LogP contribution in [0.4, 0.5) is 0 Å². The van der Waals surface area contributed by atoms with Gasteiger partial charge in [0.2, 0.25) is 0 Å². The lowest BCUT2D eigenvalue weighted by atomic mass is 10.1. The molecule has 1 rings (SSSR count). The van der Waals surface area contributed by atoms with Gasteiger partial charge in [0, 0.05) is 37.5 Å². The van der Waals surface area contributed by atoms with Crippen LogP contribution in [0.15, 0.2) is 4.99 Å². The molecule has 6 heteroatoms. The molecule has 0 aromatic heterocycles. The fraction of sp³-hybridized carbons (Fsp3) is 0.938. The van der Waals surface area contributed by atoms with E-state index in [1.54, 1.807) is 0 Å². The number of nitrogens with one attached hydrogen (secondary N) is 2. The molecule has 1 heterocycles. The molecule has 0 aliphatic carbocycles. The summed E-state index contributed by atoms with van der Waals surface area (Å²) in [6, 6.07) is 1.08. The first-order chi connectivity index (χ1) is 10.4. The van der Waals surface area contributed by atoms with E-state index in [2.05, 4.69) is 55.1 Å². The predicted molar refractivity (Wildman–Crippen MR) is 97.9 cm³/mol. The van der Waals surface area contributed by atoms with Crippen molar-refractivity contribution in [3.8, 4) is 0 Å². The number of rotatable bonds is 8. The molecule has 0 radical (unpaired) electrons. The molecule has 22 heavy (non-hydrogen) atoms. The summed E-state index contributed by atoms with van der Waals surface area (Å²) in [5, 5.41) is 17.0. The van der Waals surface area contributed by atoms with Gasteiger partial charge >= 0.3 is 0 Å². The van der Waals surface area contributed by atoms with Crippen LogP contribution in [-0.4, -0.2) is 71.3 Å². The van der Waals surface area contributed by atoms with Crippen LogP contribution >= 0.6 is 11.8 Å². The first-order valence-electron chi connectivity index (χ1n) is 8.46. The molecule has 5 nitrogen and oxygen atoms in total. The summed E-state index contributed by atoms with van der Waals surface area (Å²) < 4.78 is 0. The van der Waals surface area contributed by atoms with Crippen molar-refractivity contribution < 1.29 is 5.11 Å². The monoisotopic (exact) mass is 330 g/mol. The Bertz CT molecular complexity index is 333. The van der Waals surface area contributed by atoms with Crippen molar-refractivity contribution in [1.82, 2.24) is 15.5 Å². The summed E-state index contributed by atoms with van der Waals surface area (Å²) in [7, 11) is 0. The van der Waals surface area contributed by atoms with Gasteiger partial charge in [-0.05, 0) is 46.8 Å². The maximum atomic E-state index is 10.4. The van der Waals surface area contributed by atoms with E-state index in [9.17, 15) is 5.11 Å². The summed E-state index contributed by atoms with van der Waals surface area (Å²) in [5.74, 6) is 2.64. The SMILES string of the molecule is CCNC(=NCC1(O)CCSC1)NCCN(C(C)C)C(C)C. The Balaban J connectivity index is 2.46. The average Bonchev–Trinajstić information content (AvgIpc) is 2.87. The Labute approximate surface area is 140 Å². The topological polar surface area (TPSA) is 59.9 Å². The minimum absolute atomic E-state index is 0.480. The quantitative estimate of drug-likeness (QED) is 0.465. The lowest BCUT2D eigenvalue weighted by Crippen LogP contribution is -2.46. The highest BCUT2D eigenvalue weighted by molar-refractivity contribution is 7.99. The molecule has 1 saturated heterocycles. The minimum atomic E-state index is -0.616. The standard InChI is InChI=1S/C16H34N4OS/c1-6-17-15(19-11-16(21)7-10-22-12-16)18-8-9-20(13(2)3)14(4)5/h13-14,21H,6-12H2,1-5H3,(H2,17,18,19). The van der Waals surface area contributed by atoms with Gasteiger partial charge in [-0.15, -0.1) is 0 Å². The van der Waals surface area contributed by atoms with Crippen molar-refractivity contribution in [3.63, 3.8) is 0 Å². The number of hydrogen-bond donors (Lipinski definition) is 3. The highest BCUT2D eigenvalue weighted by atomic mass is 32.2. The van der Waals surface area contributed by atoms with Crippen molar-refractivity contribution in [2.45, 2.75) is 58.7 Å². The molecule has 0 bridgehead atoms. The molecule has 1 aliphatic heterocycles. The zero-order valence-electron chi connectivity index (χ0n) is 14.9. The Morgan fingerprint density at radius 2 is 1.95 bits per heavy atom. The lowest BCUT2D eigenvalue weighted by Gasteiger charge is -2.30. The summed E-state index contributed by atoms with van der Waals surface area (Å²) >= 11 is 1.81. The zero-order valence-corrected chi connectivity index (χ0v) is 15.7. The molecule has 1 unspecified atom stereocenters.